The summed E-state index contributed by atoms with van der Waals surface area (Å²) in [4.78, 5) is 25.9. The van der Waals surface area contributed by atoms with E-state index < -0.39 is 0 Å². The van der Waals surface area contributed by atoms with E-state index in [0.29, 0.717) is 12.2 Å². The molecule has 4 heteroatoms. The van der Waals surface area contributed by atoms with Crippen LogP contribution in [0.4, 0.5) is 11.4 Å². The molecule has 2 aromatic rings. The smallest absolute Gasteiger partial charge is 0.236 e. The fourth-order valence-corrected chi connectivity index (χ4v) is 2.19. The maximum Gasteiger partial charge on any atom is 0.236 e. The number of aryl methyl sites for hydroxylation is 1. The van der Waals surface area contributed by atoms with Crippen LogP contribution in [-0.4, -0.2) is 18.4 Å². The van der Waals surface area contributed by atoms with Gasteiger partial charge in [0.05, 0.1) is 0 Å². The maximum absolute atomic E-state index is 12.3. The first-order valence-corrected chi connectivity index (χ1v) is 7.32. The van der Waals surface area contributed by atoms with Gasteiger partial charge in [0.2, 0.25) is 11.8 Å². The molecule has 0 saturated carbocycles. The molecule has 1 N–H and O–H groups in total. The highest BCUT2D eigenvalue weighted by atomic mass is 16.2. The van der Waals surface area contributed by atoms with E-state index in [9.17, 15) is 9.59 Å². The summed E-state index contributed by atoms with van der Waals surface area (Å²) in [5.41, 5.74) is 2.62. The Balaban J connectivity index is 1.98. The highest BCUT2D eigenvalue weighted by Crippen LogP contribution is 2.15. The van der Waals surface area contributed by atoms with Gasteiger partial charge in [-0.1, -0.05) is 35.9 Å². The van der Waals surface area contributed by atoms with Gasteiger partial charge in [-0.2, -0.15) is 0 Å². The zero-order chi connectivity index (χ0) is 15.9. The van der Waals surface area contributed by atoms with Crippen molar-refractivity contribution in [1.82, 2.24) is 0 Å². The van der Waals surface area contributed by atoms with Crippen molar-refractivity contribution in [3.05, 3.63) is 60.2 Å². The third-order valence-corrected chi connectivity index (χ3v) is 3.33. The Morgan fingerprint density at radius 3 is 2.23 bits per heavy atom. The molecule has 0 aliphatic carbocycles. The van der Waals surface area contributed by atoms with Gasteiger partial charge in [-0.3, -0.25) is 9.59 Å². The van der Waals surface area contributed by atoms with Crippen molar-refractivity contribution in [3.8, 4) is 0 Å². The number of hydrogen-bond acceptors (Lipinski definition) is 2. The highest BCUT2D eigenvalue weighted by Gasteiger charge is 2.17. The van der Waals surface area contributed by atoms with E-state index in [4.69, 9.17) is 0 Å². The Hall–Kier alpha value is -2.62. The fraction of sp³-hybridized carbons (Fsp3) is 0.222. The summed E-state index contributed by atoms with van der Waals surface area (Å²) in [6, 6.07) is 16.8. The van der Waals surface area contributed by atoms with Gasteiger partial charge in [0.25, 0.3) is 0 Å². The van der Waals surface area contributed by atoms with E-state index >= 15 is 0 Å². The molecule has 114 valence electrons. The average molecular weight is 296 g/mol. The number of para-hydroxylation sites is 1. The summed E-state index contributed by atoms with van der Waals surface area (Å²) in [7, 11) is 0. The van der Waals surface area contributed by atoms with Gasteiger partial charge >= 0.3 is 0 Å². The lowest BCUT2D eigenvalue weighted by Crippen LogP contribution is -2.33. The number of benzene rings is 2. The second-order valence-electron chi connectivity index (χ2n) is 5.06. The van der Waals surface area contributed by atoms with Crippen LogP contribution in [0, 0.1) is 6.92 Å². The Labute approximate surface area is 130 Å². The molecular formula is C18H20N2O2. The third kappa shape index (κ3) is 4.19. The van der Waals surface area contributed by atoms with E-state index in [2.05, 4.69) is 5.32 Å². The maximum atomic E-state index is 12.3. The van der Waals surface area contributed by atoms with Crippen molar-refractivity contribution in [3.63, 3.8) is 0 Å². The predicted octanol–water partition coefficient (Wildman–Crippen LogP) is 3.38. The number of nitrogens with zero attached hydrogens (tertiary/aromatic N) is 1. The topological polar surface area (TPSA) is 49.4 Å². The van der Waals surface area contributed by atoms with Crippen LogP contribution in [0.25, 0.3) is 0 Å². The summed E-state index contributed by atoms with van der Waals surface area (Å²) in [6.07, 6.45) is -0.170. The molecule has 0 fully saturated rings. The first-order valence-electron chi connectivity index (χ1n) is 7.32. The fourth-order valence-electron chi connectivity index (χ4n) is 2.19. The Morgan fingerprint density at radius 1 is 1.00 bits per heavy atom. The van der Waals surface area contributed by atoms with Crippen LogP contribution in [0.1, 0.15) is 18.9 Å². The first kappa shape index (κ1) is 15.8. The van der Waals surface area contributed by atoms with Crippen molar-refractivity contribution >= 4 is 23.2 Å². The number of hydrogen-bond donors (Lipinski definition) is 1. The van der Waals surface area contributed by atoms with Crippen LogP contribution in [0.5, 0.6) is 0 Å². The van der Waals surface area contributed by atoms with Crippen molar-refractivity contribution in [2.24, 2.45) is 0 Å². The van der Waals surface area contributed by atoms with Crippen LogP contribution in [0.2, 0.25) is 0 Å². The highest BCUT2D eigenvalue weighted by molar-refractivity contribution is 6.09. The molecule has 4 nitrogen and oxygen atoms in total. The minimum Gasteiger partial charge on any atom is -0.326 e. The normalized spacial score (nSPS) is 10.1. The number of rotatable bonds is 5. The van der Waals surface area contributed by atoms with Crippen molar-refractivity contribution < 1.29 is 9.59 Å². The van der Waals surface area contributed by atoms with Crippen molar-refractivity contribution in [2.75, 3.05) is 16.8 Å². The lowest BCUT2D eigenvalue weighted by Gasteiger charge is -2.20. The van der Waals surface area contributed by atoms with Crippen molar-refractivity contribution in [2.45, 2.75) is 20.3 Å². The molecule has 0 radical (unpaired) electrons. The lowest BCUT2D eigenvalue weighted by atomic mass is 10.2. The van der Waals surface area contributed by atoms with Crippen LogP contribution >= 0.6 is 0 Å². The van der Waals surface area contributed by atoms with Gasteiger partial charge < -0.3 is 10.2 Å². The second-order valence-corrected chi connectivity index (χ2v) is 5.06. The second kappa shape index (κ2) is 7.41. The number of carbonyl (C=O) groups is 2. The quantitative estimate of drug-likeness (QED) is 0.860. The van der Waals surface area contributed by atoms with Crippen LogP contribution in [0.15, 0.2) is 54.6 Å². The van der Waals surface area contributed by atoms with Gasteiger partial charge in [-0.25, -0.2) is 0 Å². The van der Waals surface area contributed by atoms with E-state index in [1.807, 2.05) is 68.4 Å². The monoisotopic (exact) mass is 296 g/mol. The minimum atomic E-state index is -0.303. The summed E-state index contributed by atoms with van der Waals surface area (Å²) in [6.45, 7) is 4.40. The Morgan fingerprint density at radius 2 is 1.64 bits per heavy atom. The Bertz CT molecular complexity index is 636. The summed E-state index contributed by atoms with van der Waals surface area (Å²) >= 11 is 0. The molecule has 0 aliphatic rings. The standard InChI is InChI=1S/C18H20N2O2/c1-3-20(16-7-5-4-6-8-16)18(22)13-17(21)19-15-11-9-14(2)10-12-15/h4-12H,3,13H2,1-2H3,(H,19,21). The SMILES string of the molecule is CCN(C(=O)CC(=O)Nc1ccc(C)cc1)c1ccccc1. The number of nitrogens with one attached hydrogen (secondary N) is 1. The molecule has 0 unspecified atom stereocenters. The number of anilines is 2. The molecule has 0 bridgehead atoms. The predicted molar refractivity (Wildman–Crippen MR) is 88.9 cm³/mol. The molecule has 22 heavy (non-hydrogen) atoms. The molecule has 2 aromatic carbocycles. The third-order valence-electron chi connectivity index (χ3n) is 3.33. The molecule has 2 amide bonds. The molecule has 0 aliphatic heterocycles. The lowest BCUT2D eigenvalue weighted by molar-refractivity contribution is -0.125. The molecule has 0 aromatic heterocycles. The van der Waals surface area contributed by atoms with Gasteiger partial charge in [-0.15, -0.1) is 0 Å². The first-order chi connectivity index (χ1) is 10.6. The van der Waals surface area contributed by atoms with Gasteiger partial charge in [0.1, 0.15) is 6.42 Å². The van der Waals surface area contributed by atoms with Crippen molar-refractivity contribution in [1.29, 1.82) is 0 Å². The molecule has 2 rings (SSSR count). The molecule has 0 atom stereocenters. The number of carbonyl (C=O) groups excluding carboxylic acids is 2. The summed E-state index contributed by atoms with van der Waals surface area (Å²) in [5, 5.41) is 2.74. The molecular weight excluding hydrogens is 276 g/mol. The molecule has 0 saturated heterocycles. The van der Waals surface area contributed by atoms with E-state index in [0.717, 1.165) is 11.3 Å². The average Bonchev–Trinajstić information content (AvgIpc) is 2.51. The van der Waals surface area contributed by atoms with Gasteiger partial charge in [0.15, 0.2) is 0 Å². The van der Waals surface area contributed by atoms with Crippen LogP contribution in [-0.2, 0) is 9.59 Å². The summed E-state index contributed by atoms with van der Waals surface area (Å²) < 4.78 is 0. The summed E-state index contributed by atoms with van der Waals surface area (Å²) in [5.74, 6) is -0.512. The van der Waals surface area contributed by atoms with Gasteiger partial charge in [0, 0.05) is 17.9 Å². The largest absolute Gasteiger partial charge is 0.326 e. The van der Waals surface area contributed by atoms with E-state index in [-0.39, 0.29) is 18.2 Å². The zero-order valence-corrected chi connectivity index (χ0v) is 12.9. The van der Waals surface area contributed by atoms with E-state index in [1.165, 1.54) is 0 Å². The molecule has 0 spiro atoms. The van der Waals surface area contributed by atoms with Crippen LogP contribution < -0.4 is 10.2 Å². The zero-order valence-electron chi connectivity index (χ0n) is 12.9. The minimum absolute atomic E-state index is 0.170. The van der Waals surface area contributed by atoms with Gasteiger partial charge in [-0.05, 0) is 38.1 Å². The van der Waals surface area contributed by atoms with Crippen LogP contribution in [0.3, 0.4) is 0 Å². The molecule has 0 heterocycles. The van der Waals surface area contributed by atoms with E-state index in [1.54, 1.807) is 4.90 Å². The Kier molecular flexibility index (Phi) is 5.31. The number of amides is 2.